The number of alkyl halides is 1. The molecule has 2 saturated carbocycles. The Kier molecular flexibility index (Phi) is 2.44. The molecule has 0 bridgehead atoms. The van der Waals surface area contributed by atoms with Gasteiger partial charge >= 0.3 is 5.97 Å². The van der Waals surface area contributed by atoms with Crippen LogP contribution in [0.1, 0.15) is 33.1 Å². The van der Waals surface area contributed by atoms with Crippen molar-refractivity contribution in [2.75, 3.05) is 6.61 Å². The highest BCUT2D eigenvalue weighted by Crippen LogP contribution is 2.82. The van der Waals surface area contributed by atoms with Crippen LogP contribution in [0.25, 0.3) is 0 Å². The summed E-state index contributed by atoms with van der Waals surface area (Å²) in [5, 5.41) is 11.4. The molecule has 10 atom stereocenters. The van der Waals surface area contributed by atoms with Crippen LogP contribution < -0.4 is 0 Å². The Morgan fingerprint density at radius 1 is 1.27 bits per heavy atom. The van der Waals surface area contributed by atoms with Gasteiger partial charge in [0.25, 0.3) is 0 Å². The third-order valence-corrected chi connectivity index (χ3v) is 9.79. The minimum Gasteiger partial charge on any atom is -0.458 e. The predicted molar refractivity (Wildman–Crippen MR) is 95.7 cm³/mol. The second kappa shape index (κ2) is 4.06. The summed E-state index contributed by atoms with van der Waals surface area (Å²) >= 11 is 2.36. The zero-order chi connectivity index (χ0) is 17.9. The SMILES string of the molecule is CC(I)[C@]12O[C@H]1[C@@H]1O[C@@]13[C@@]1(C)CCC4=C(COC4=O)[C@@H]1CC1O[C@@]13[C@@H]2O. The Bertz CT molecular complexity index is 825. The Balaban J connectivity index is 1.39. The molecule has 4 heterocycles. The van der Waals surface area contributed by atoms with Crippen molar-refractivity contribution >= 4 is 28.6 Å². The van der Waals surface area contributed by atoms with E-state index >= 15 is 0 Å². The van der Waals surface area contributed by atoms with Gasteiger partial charge in [0.15, 0.2) is 5.60 Å². The van der Waals surface area contributed by atoms with Crippen LogP contribution in [0.4, 0.5) is 0 Å². The van der Waals surface area contributed by atoms with E-state index in [4.69, 9.17) is 18.9 Å². The van der Waals surface area contributed by atoms with Crippen LogP contribution in [0.15, 0.2) is 11.1 Å². The van der Waals surface area contributed by atoms with Crippen molar-refractivity contribution in [1.82, 2.24) is 0 Å². The van der Waals surface area contributed by atoms with Crippen molar-refractivity contribution in [2.45, 2.75) is 78.3 Å². The lowest BCUT2D eigenvalue weighted by Gasteiger charge is -2.53. The van der Waals surface area contributed by atoms with Gasteiger partial charge in [0.2, 0.25) is 0 Å². The maximum Gasteiger partial charge on any atom is 0.334 e. The van der Waals surface area contributed by atoms with Gasteiger partial charge in [0.05, 0.1) is 6.10 Å². The van der Waals surface area contributed by atoms with Crippen LogP contribution in [-0.2, 0) is 23.7 Å². The molecule has 2 spiro atoms. The highest BCUT2D eigenvalue weighted by atomic mass is 127. The van der Waals surface area contributed by atoms with E-state index in [1.165, 1.54) is 0 Å². The van der Waals surface area contributed by atoms with Crippen LogP contribution in [-0.4, -0.2) is 62.8 Å². The number of halogens is 1. The van der Waals surface area contributed by atoms with E-state index in [1.54, 1.807) is 0 Å². The van der Waals surface area contributed by atoms with Crippen molar-refractivity contribution in [3.8, 4) is 0 Å². The van der Waals surface area contributed by atoms with Crippen molar-refractivity contribution in [2.24, 2.45) is 11.3 Å². The smallest absolute Gasteiger partial charge is 0.334 e. The first-order valence-corrected chi connectivity index (χ1v) is 10.8. The topological polar surface area (TPSA) is 84.1 Å². The van der Waals surface area contributed by atoms with E-state index in [1.807, 2.05) is 0 Å². The minimum atomic E-state index is -0.662. The molecule has 6 nitrogen and oxygen atoms in total. The third-order valence-electron chi connectivity index (χ3n) is 8.82. The van der Waals surface area contributed by atoms with Gasteiger partial charge in [-0.2, -0.15) is 0 Å². The number of epoxide rings is 3. The van der Waals surface area contributed by atoms with Crippen molar-refractivity contribution in [3.05, 3.63) is 11.1 Å². The number of fused-ring (bicyclic) bond motifs is 4. The highest BCUT2D eigenvalue weighted by Gasteiger charge is 3.00. The van der Waals surface area contributed by atoms with Crippen LogP contribution in [0.3, 0.4) is 0 Å². The molecule has 5 fully saturated rings. The van der Waals surface area contributed by atoms with E-state index in [0.29, 0.717) is 6.61 Å². The molecule has 0 aromatic heterocycles. The molecule has 1 N–H and O–H groups in total. The van der Waals surface area contributed by atoms with Gasteiger partial charge in [-0.05, 0) is 30.8 Å². The number of ether oxygens (including phenoxy) is 4. The van der Waals surface area contributed by atoms with E-state index in [2.05, 4.69) is 36.4 Å². The molecule has 26 heavy (non-hydrogen) atoms. The zero-order valence-corrected chi connectivity index (χ0v) is 16.8. The summed E-state index contributed by atoms with van der Waals surface area (Å²) in [7, 11) is 0. The van der Waals surface area contributed by atoms with Gasteiger partial charge in [-0.15, -0.1) is 0 Å². The fraction of sp³-hybridized carbons (Fsp3) is 0.842. The van der Waals surface area contributed by atoms with Crippen LogP contribution in [0.5, 0.6) is 0 Å². The normalized spacial score (nSPS) is 64.2. The number of hydrogen-bond donors (Lipinski definition) is 1. The number of aliphatic hydroxyl groups excluding tert-OH is 1. The van der Waals surface area contributed by atoms with Crippen LogP contribution in [0, 0.1) is 11.3 Å². The van der Waals surface area contributed by atoms with E-state index in [-0.39, 0.29) is 39.5 Å². The maximum absolute atomic E-state index is 12.1. The summed E-state index contributed by atoms with van der Waals surface area (Å²) in [6.07, 6.45) is 1.68. The lowest BCUT2D eigenvalue weighted by molar-refractivity contribution is -0.136. The zero-order valence-electron chi connectivity index (χ0n) is 14.7. The molecule has 7 heteroatoms. The molecule has 0 amide bonds. The summed E-state index contributed by atoms with van der Waals surface area (Å²) in [5.41, 5.74) is 0.203. The fourth-order valence-corrected chi connectivity index (χ4v) is 8.30. The minimum absolute atomic E-state index is 0.0129. The van der Waals surface area contributed by atoms with Gasteiger partial charge in [0.1, 0.15) is 36.1 Å². The molecular formula is C19H21IO6. The second-order valence-electron chi connectivity index (χ2n) is 9.37. The molecule has 3 saturated heterocycles. The number of rotatable bonds is 1. The Morgan fingerprint density at radius 2 is 2.08 bits per heavy atom. The van der Waals surface area contributed by atoms with Crippen molar-refractivity contribution in [3.63, 3.8) is 0 Å². The molecule has 4 aliphatic heterocycles. The van der Waals surface area contributed by atoms with Crippen molar-refractivity contribution < 1.29 is 28.8 Å². The van der Waals surface area contributed by atoms with E-state index in [0.717, 1.165) is 30.4 Å². The average Bonchev–Trinajstić information content (AvgIpc) is 3.47. The average molecular weight is 472 g/mol. The summed E-state index contributed by atoms with van der Waals surface area (Å²) in [4.78, 5) is 12.1. The van der Waals surface area contributed by atoms with Crippen LogP contribution in [0.2, 0.25) is 0 Å². The maximum atomic E-state index is 12.1. The molecule has 3 aliphatic carbocycles. The first-order chi connectivity index (χ1) is 12.3. The first kappa shape index (κ1) is 15.7. The summed E-state index contributed by atoms with van der Waals surface area (Å²) in [6.45, 7) is 4.78. The lowest BCUT2D eigenvalue weighted by atomic mass is 9.47. The van der Waals surface area contributed by atoms with Crippen molar-refractivity contribution in [1.29, 1.82) is 0 Å². The molecule has 0 aromatic carbocycles. The Morgan fingerprint density at radius 3 is 2.85 bits per heavy atom. The molecule has 0 aromatic rings. The van der Waals surface area contributed by atoms with Gasteiger partial charge in [0, 0.05) is 14.9 Å². The molecular weight excluding hydrogens is 451 g/mol. The second-order valence-corrected chi connectivity index (χ2v) is 11.2. The lowest BCUT2D eigenvalue weighted by Crippen LogP contribution is -2.69. The summed E-state index contributed by atoms with van der Waals surface area (Å²) < 4.78 is 24.5. The number of cyclic esters (lactones) is 1. The van der Waals surface area contributed by atoms with Gasteiger partial charge in [-0.1, -0.05) is 36.4 Å². The number of esters is 1. The quantitative estimate of drug-likeness (QED) is 0.268. The highest BCUT2D eigenvalue weighted by molar-refractivity contribution is 14.1. The molecule has 140 valence electrons. The Hall–Kier alpha value is -0.220. The molecule has 7 aliphatic rings. The summed E-state index contributed by atoms with van der Waals surface area (Å²) in [6, 6.07) is 0. The molecule has 7 rings (SSSR count). The van der Waals surface area contributed by atoms with E-state index < -0.39 is 22.9 Å². The predicted octanol–water partition coefficient (Wildman–Crippen LogP) is 1.27. The largest absolute Gasteiger partial charge is 0.458 e. The molecule has 0 radical (unpaired) electrons. The van der Waals surface area contributed by atoms with Crippen LogP contribution >= 0.6 is 22.6 Å². The number of carbonyl (C=O) groups is 1. The van der Waals surface area contributed by atoms with Gasteiger partial charge in [-0.25, -0.2) is 4.79 Å². The number of aliphatic hydroxyl groups is 1. The Labute approximate surface area is 164 Å². The monoisotopic (exact) mass is 472 g/mol. The standard InChI is InChI=1S/C19H21IO6/c1-7(20)17-12(25-17)13-19(26-13)16(2)4-3-8-9(6-23-14(8)21)10(16)5-11-18(19,24-11)15(17)22/h7,10-13,15,22H,3-6H2,1-2H3/t7?,10-,11?,12-,13-,15+,16-,17-,18+,19+/m0/s1. The summed E-state index contributed by atoms with van der Waals surface area (Å²) in [5.74, 6) is 0.0760. The van der Waals surface area contributed by atoms with Gasteiger partial charge < -0.3 is 24.1 Å². The molecule has 2 unspecified atom stereocenters. The first-order valence-electron chi connectivity index (χ1n) is 9.59. The van der Waals surface area contributed by atoms with E-state index in [9.17, 15) is 9.90 Å². The van der Waals surface area contributed by atoms with Gasteiger partial charge in [-0.3, -0.25) is 0 Å². The third kappa shape index (κ3) is 1.24. The fourth-order valence-electron chi connectivity index (χ4n) is 7.46. The number of carbonyl (C=O) groups excluding carboxylic acids is 1. The number of hydrogen-bond acceptors (Lipinski definition) is 6.